The number of fused-ring (bicyclic) bond motifs is 1. The molecule has 0 atom stereocenters. The van der Waals surface area contributed by atoms with Crippen molar-refractivity contribution < 1.29 is 4.39 Å². The maximum atomic E-state index is 13.2. The van der Waals surface area contributed by atoms with Crippen LogP contribution in [0.4, 0.5) is 4.39 Å². The number of rotatable bonds is 0. The second-order valence-electron chi connectivity index (χ2n) is 3.16. The molecule has 2 rings (SSSR count). The largest absolute Gasteiger partial charge is 0.357 e. The Balaban J connectivity index is 2.94. The van der Waals surface area contributed by atoms with E-state index in [1.165, 1.54) is 9.64 Å². The van der Waals surface area contributed by atoms with E-state index in [0.29, 0.717) is 5.56 Å². The first-order chi connectivity index (χ1) is 6.11. The van der Waals surface area contributed by atoms with E-state index in [1.54, 1.807) is 6.92 Å². The van der Waals surface area contributed by atoms with Gasteiger partial charge in [0.15, 0.2) is 0 Å². The van der Waals surface area contributed by atoms with Crippen LogP contribution in [0.5, 0.6) is 0 Å². The molecule has 1 heterocycles. The van der Waals surface area contributed by atoms with Gasteiger partial charge in [0.05, 0.1) is 5.52 Å². The summed E-state index contributed by atoms with van der Waals surface area (Å²) in [5.41, 5.74) is 2.72. The van der Waals surface area contributed by atoms with Crippen LogP contribution in [0.25, 0.3) is 10.9 Å². The van der Waals surface area contributed by atoms with Gasteiger partial charge in [-0.15, -0.1) is 0 Å². The van der Waals surface area contributed by atoms with Crippen molar-refractivity contribution in [3.63, 3.8) is 0 Å². The van der Waals surface area contributed by atoms with Gasteiger partial charge in [-0.05, 0) is 48.6 Å². The van der Waals surface area contributed by atoms with Gasteiger partial charge in [-0.3, -0.25) is 0 Å². The number of hydrogen-bond acceptors (Lipinski definition) is 0. The van der Waals surface area contributed by atoms with E-state index in [-0.39, 0.29) is 5.82 Å². The van der Waals surface area contributed by atoms with Gasteiger partial charge in [0.25, 0.3) is 0 Å². The van der Waals surface area contributed by atoms with Gasteiger partial charge < -0.3 is 4.98 Å². The van der Waals surface area contributed by atoms with Gasteiger partial charge in [-0.2, -0.15) is 0 Å². The van der Waals surface area contributed by atoms with Crippen LogP contribution in [0.15, 0.2) is 12.1 Å². The van der Waals surface area contributed by atoms with Crippen molar-refractivity contribution >= 4 is 33.5 Å². The number of nitrogens with one attached hydrogen (secondary N) is 1. The van der Waals surface area contributed by atoms with Crippen molar-refractivity contribution in [2.24, 2.45) is 0 Å². The number of hydrogen-bond donors (Lipinski definition) is 1. The van der Waals surface area contributed by atoms with E-state index in [9.17, 15) is 4.39 Å². The smallest absolute Gasteiger partial charge is 0.128 e. The molecule has 0 bridgehead atoms. The number of aryl methyl sites for hydroxylation is 2. The Morgan fingerprint density at radius 3 is 2.69 bits per heavy atom. The van der Waals surface area contributed by atoms with Crippen molar-refractivity contribution in [2.45, 2.75) is 13.8 Å². The van der Waals surface area contributed by atoms with Gasteiger partial charge in [-0.1, -0.05) is 0 Å². The Hall–Kier alpha value is -0.580. The van der Waals surface area contributed by atoms with Gasteiger partial charge >= 0.3 is 0 Å². The molecule has 13 heavy (non-hydrogen) atoms. The standard InChI is InChI=1S/C10H9FIN/c1-5-8(11)4-3-7-9(12)6(2)13-10(5)7/h3-4,13H,1-2H3. The first-order valence-electron chi connectivity index (χ1n) is 4.04. The molecule has 0 saturated heterocycles. The molecule has 0 aliphatic heterocycles. The fourth-order valence-corrected chi connectivity index (χ4v) is 2.06. The zero-order valence-corrected chi connectivity index (χ0v) is 9.57. The number of H-pyrrole nitrogens is 1. The normalized spacial score (nSPS) is 11.1. The Bertz CT molecular complexity index is 473. The monoisotopic (exact) mass is 289 g/mol. The van der Waals surface area contributed by atoms with E-state index in [1.807, 2.05) is 13.0 Å². The van der Waals surface area contributed by atoms with Crippen LogP contribution in [0.1, 0.15) is 11.3 Å². The molecule has 1 aromatic carbocycles. The lowest BCUT2D eigenvalue weighted by molar-refractivity contribution is 0.620. The zero-order valence-electron chi connectivity index (χ0n) is 7.41. The summed E-state index contributed by atoms with van der Waals surface area (Å²) in [7, 11) is 0. The fourth-order valence-electron chi connectivity index (χ4n) is 1.47. The van der Waals surface area contributed by atoms with E-state index >= 15 is 0 Å². The molecule has 68 valence electrons. The average Bonchev–Trinajstić information content (AvgIpc) is 2.38. The predicted octanol–water partition coefficient (Wildman–Crippen LogP) is 3.53. The van der Waals surface area contributed by atoms with Crippen molar-refractivity contribution in [1.82, 2.24) is 4.98 Å². The van der Waals surface area contributed by atoms with Crippen LogP contribution in [0, 0.1) is 23.2 Å². The SMILES string of the molecule is Cc1[nH]c2c(C)c(F)ccc2c1I. The fraction of sp³-hybridized carbons (Fsp3) is 0.200. The Morgan fingerprint density at radius 2 is 2.00 bits per heavy atom. The van der Waals surface area contributed by atoms with Crippen LogP contribution in [-0.4, -0.2) is 4.98 Å². The third-order valence-corrected chi connectivity index (χ3v) is 3.67. The summed E-state index contributed by atoms with van der Waals surface area (Å²) in [6.45, 7) is 3.79. The Morgan fingerprint density at radius 1 is 1.31 bits per heavy atom. The lowest BCUT2D eigenvalue weighted by atomic mass is 10.1. The number of aromatic amines is 1. The van der Waals surface area contributed by atoms with Crippen molar-refractivity contribution in [3.8, 4) is 0 Å². The maximum Gasteiger partial charge on any atom is 0.128 e. The van der Waals surface area contributed by atoms with E-state index < -0.39 is 0 Å². The van der Waals surface area contributed by atoms with E-state index in [4.69, 9.17) is 0 Å². The van der Waals surface area contributed by atoms with Crippen LogP contribution in [0.3, 0.4) is 0 Å². The molecule has 0 saturated carbocycles. The molecule has 1 nitrogen and oxygen atoms in total. The molecule has 0 aliphatic carbocycles. The summed E-state index contributed by atoms with van der Waals surface area (Å²) < 4.78 is 14.3. The Kier molecular flexibility index (Phi) is 2.06. The van der Waals surface area contributed by atoms with Gasteiger partial charge in [-0.25, -0.2) is 4.39 Å². The molecule has 0 spiro atoms. The van der Waals surface area contributed by atoms with Gasteiger partial charge in [0.1, 0.15) is 5.82 Å². The quantitative estimate of drug-likeness (QED) is 0.714. The highest BCUT2D eigenvalue weighted by Crippen LogP contribution is 2.27. The minimum Gasteiger partial charge on any atom is -0.357 e. The highest BCUT2D eigenvalue weighted by molar-refractivity contribution is 14.1. The van der Waals surface area contributed by atoms with E-state index in [0.717, 1.165) is 16.6 Å². The second kappa shape index (κ2) is 2.97. The molecule has 0 unspecified atom stereocenters. The van der Waals surface area contributed by atoms with Crippen LogP contribution in [-0.2, 0) is 0 Å². The van der Waals surface area contributed by atoms with Crippen molar-refractivity contribution in [1.29, 1.82) is 0 Å². The summed E-state index contributed by atoms with van der Waals surface area (Å²) in [6.07, 6.45) is 0. The lowest BCUT2D eigenvalue weighted by Gasteiger charge is -1.97. The van der Waals surface area contributed by atoms with Crippen LogP contribution < -0.4 is 0 Å². The minimum absolute atomic E-state index is 0.148. The van der Waals surface area contributed by atoms with E-state index in [2.05, 4.69) is 27.6 Å². The molecule has 1 aromatic heterocycles. The summed E-state index contributed by atoms with van der Waals surface area (Å²) in [4.78, 5) is 3.19. The summed E-state index contributed by atoms with van der Waals surface area (Å²) in [5, 5.41) is 1.11. The average molecular weight is 289 g/mol. The molecule has 0 aliphatic rings. The molecule has 0 fully saturated rings. The third-order valence-electron chi connectivity index (χ3n) is 2.28. The second-order valence-corrected chi connectivity index (χ2v) is 4.24. The summed E-state index contributed by atoms with van der Waals surface area (Å²) >= 11 is 2.27. The molecular weight excluding hydrogens is 280 g/mol. The highest BCUT2D eigenvalue weighted by atomic mass is 127. The van der Waals surface area contributed by atoms with Gasteiger partial charge in [0.2, 0.25) is 0 Å². The molecule has 0 amide bonds. The lowest BCUT2D eigenvalue weighted by Crippen LogP contribution is -1.82. The number of halogens is 2. The summed E-state index contributed by atoms with van der Waals surface area (Å²) in [6, 6.07) is 3.34. The summed E-state index contributed by atoms with van der Waals surface area (Å²) in [5.74, 6) is -0.148. The molecular formula is C10H9FIN. The van der Waals surface area contributed by atoms with Crippen molar-refractivity contribution in [3.05, 3.63) is 32.8 Å². The predicted molar refractivity (Wildman–Crippen MR) is 60.4 cm³/mol. The topological polar surface area (TPSA) is 15.8 Å². The molecule has 3 heteroatoms. The van der Waals surface area contributed by atoms with Crippen molar-refractivity contribution in [2.75, 3.05) is 0 Å². The Labute approximate surface area is 89.5 Å². The highest BCUT2D eigenvalue weighted by Gasteiger charge is 2.09. The number of benzene rings is 1. The minimum atomic E-state index is -0.148. The van der Waals surface area contributed by atoms with Crippen LogP contribution in [0.2, 0.25) is 0 Å². The maximum absolute atomic E-state index is 13.2. The molecule has 2 aromatic rings. The third kappa shape index (κ3) is 1.25. The number of aromatic nitrogens is 1. The first-order valence-corrected chi connectivity index (χ1v) is 5.12. The first kappa shape index (κ1) is 8.99. The molecule has 1 N–H and O–H groups in total. The van der Waals surface area contributed by atoms with Gasteiger partial charge in [0, 0.05) is 20.2 Å². The molecule has 0 radical (unpaired) electrons. The van der Waals surface area contributed by atoms with Crippen LogP contribution >= 0.6 is 22.6 Å². The zero-order chi connectivity index (χ0) is 9.59.